The van der Waals surface area contributed by atoms with Crippen LogP contribution in [0.15, 0.2) is 0 Å². The maximum Gasteiger partial charge on any atom is 0.0141 e. The van der Waals surface area contributed by atoms with E-state index in [-0.39, 0.29) is 0 Å². The fourth-order valence-electron chi connectivity index (χ4n) is 2.77. The lowest BCUT2D eigenvalue weighted by Gasteiger charge is -2.31. The highest BCUT2D eigenvalue weighted by Crippen LogP contribution is 2.29. The van der Waals surface area contributed by atoms with Gasteiger partial charge in [0.15, 0.2) is 0 Å². The first-order valence-electron chi connectivity index (χ1n) is 6.88. The van der Waals surface area contributed by atoms with E-state index in [0.717, 1.165) is 23.1 Å². The quantitative estimate of drug-likeness (QED) is 0.758. The smallest absolute Gasteiger partial charge is 0.0141 e. The van der Waals surface area contributed by atoms with Crippen LogP contribution in [-0.2, 0) is 0 Å². The number of hydrogen-bond donors (Lipinski definition) is 1. The molecule has 0 spiro atoms. The molecule has 0 radical (unpaired) electrons. The van der Waals surface area contributed by atoms with Crippen molar-refractivity contribution in [3.8, 4) is 0 Å². The summed E-state index contributed by atoms with van der Waals surface area (Å²) in [6.45, 7) is 8.20. The molecule has 1 fully saturated rings. The summed E-state index contributed by atoms with van der Waals surface area (Å²) >= 11 is 1.96. The monoisotopic (exact) mass is 243 g/mol. The van der Waals surface area contributed by atoms with Crippen LogP contribution in [0.4, 0.5) is 0 Å². The van der Waals surface area contributed by atoms with Crippen LogP contribution in [0.2, 0.25) is 0 Å². The zero-order chi connectivity index (χ0) is 12.0. The Balaban J connectivity index is 2.22. The van der Waals surface area contributed by atoms with Gasteiger partial charge in [0.2, 0.25) is 0 Å². The van der Waals surface area contributed by atoms with E-state index in [1.54, 1.807) is 0 Å². The minimum Gasteiger partial charge on any atom is -0.313 e. The van der Waals surface area contributed by atoms with E-state index in [1.807, 2.05) is 11.8 Å². The number of hydrogen-bond acceptors (Lipinski definition) is 2. The molecule has 1 N–H and O–H groups in total. The van der Waals surface area contributed by atoms with Crippen molar-refractivity contribution in [2.45, 2.75) is 64.2 Å². The third-order valence-corrected chi connectivity index (χ3v) is 4.66. The van der Waals surface area contributed by atoms with Gasteiger partial charge in [-0.1, -0.05) is 33.6 Å². The molecular formula is C14H29NS. The van der Waals surface area contributed by atoms with E-state index >= 15 is 0 Å². The molecule has 0 amide bonds. The molecule has 0 saturated heterocycles. The van der Waals surface area contributed by atoms with E-state index in [0.29, 0.717) is 0 Å². The molecule has 0 bridgehead atoms. The average Bonchev–Trinajstić information content (AvgIpc) is 2.25. The topological polar surface area (TPSA) is 12.0 Å². The minimum atomic E-state index is 0.755. The summed E-state index contributed by atoms with van der Waals surface area (Å²) in [6, 6.07) is 0.798. The molecule has 3 unspecified atom stereocenters. The molecule has 16 heavy (non-hydrogen) atoms. The van der Waals surface area contributed by atoms with Crippen LogP contribution in [0.3, 0.4) is 0 Å². The Bertz CT molecular complexity index is 182. The second-order valence-electron chi connectivity index (χ2n) is 5.81. The fourth-order valence-corrected chi connectivity index (χ4v) is 3.04. The van der Waals surface area contributed by atoms with Crippen LogP contribution in [0.5, 0.6) is 0 Å². The zero-order valence-electron chi connectivity index (χ0n) is 11.5. The first kappa shape index (κ1) is 14.4. The van der Waals surface area contributed by atoms with Gasteiger partial charge in [-0.05, 0) is 37.4 Å². The van der Waals surface area contributed by atoms with Gasteiger partial charge < -0.3 is 5.32 Å². The SMILES string of the molecule is CSC(C)CNC1CCCC(CC(C)C)C1. The summed E-state index contributed by atoms with van der Waals surface area (Å²) < 4.78 is 0. The summed E-state index contributed by atoms with van der Waals surface area (Å²) in [5, 5.41) is 4.51. The molecule has 0 heterocycles. The molecule has 96 valence electrons. The number of nitrogens with one attached hydrogen (secondary N) is 1. The van der Waals surface area contributed by atoms with Crippen molar-refractivity contribution in [1.29, 1.82) is 0 Å². The molecule has 1 aliphatic carbocycles. The molecule has 0 aliphatic heterocycles. The van der Waals surface area contributed by atoms with Crippen LogP contribution >= 0.6 is 11.8 Å². The second kappa shape index (κ2) is 7.60. The molecule has 1 rings (SSSR count). The normalized spacial score (nSPS) is 28.3. The summed E-state index contributed by atoms with van der Waals surface area (Å²) in [6.07, 6.45) is 9.34. The summed E-state index contributed by atoms with van der Waals surface area (Å²) in [7, 11) is 0. The molecule has 1 nitrogen and oxygen atoms in total. The van der Waals surface area contributed by atoms with Gasteiger partial charge in [0.25, 0.3) is 0 Å². The summed E-state index contributed by atoms with van der Waals surface area (Å²) in [5.41, 5.74) is 0. The molecule has 0 aromatic carbocycles. The van der Waals surface area contributed by atoms with Crippen molar-refractivity contribution in [2.75, 3.05) is 12.8 Å². The highest BCUT2D eigenvalue weighted by Gasteiger charge is 2.22. The van der Waals surface area contributed by atoms with Crippen molar-refractivity contribution in [3.63, 3.8) is 0 Å². The van der Waals surface area contributed by atoms with E-state index in [4.69, 9.17) is 0 Å². The predicted molar refractivity (Wildman–Crippen MR) is 76.2 cm³/mol. The van der Waals surface area contributed by atoms with Gasteiger partial charge in [-0.3, -0.25) is 0 Å². The molecule has 1 aliphatic rings. The van der Waals surface area contributed by atoms with Gasteiger partial charge in [0.1, 0.15) is 0 Å². The van der Waals surface area contributed by atoms with Crippen molar-refractivity contribution >= 4 is 11.8 Å². The Morgan fingerprint density at radius 2 is 2.00 bits per heavy atom. The van der Waals surface area contributed by atoms with E-state index in [9.17, 15) is 0 Å². The van der Waals surface area contributed by atoms with Crippen molar-refractivity contribution in [1.82, 2.24) is 5.32 Å². The maximum atomic E-state index is 3.75. The molecule has 0 aromatic rings. The predicted octanol–water partition coefficient (Wildman–Crippen LogP) is 3.93. The lowest BCUT2D eigenvalue weighted by atomic mass is 9.81. The van der Waals surface area contributed by atoms with Crippen LogP contribution in [-0.4, -0.2) is 24.1 Å². The largest absolute Gasteiger partial charge is 0.313 e. The van der Waals surface area contributed by atoms with Gasteiger partial charge in [0, 0.05) is 17.8 Å². The zero-order valence-corrected chi connectivity index (χ0v) is 12.3. The van der Waals surface area contributed by atoms with Gasteiger partial charge >= 0.3 is 0 Å². The standard InChI is InChI=1S/C14H29NS/c1-11(2)8-13-6-5-7-14(9-13)15-10-12(3)16-4/h11-15H,5-10H2,1-4H3. The van der Waals surface area contributed by atoms with Crippen molar-refractivity contribution < 1.29 is 0 Å². The molecule has 0 aromatic heterocycles. The molecule has 2 heteroatoms. The van der Waals surface area contributed by atoms with Crippen LogP contribution in [0.1, 0.15) is 52.9 Å². The van der Waals surface area contributed by atoms with Gasteiger partial charge in [-0.2, -0.15) is 11.8 Å². The van der Waals surface area contributed by atoms with Gasteiger partial charge in [-0.25, -0.2) is 0 Å². The highest BCUT2D eigenvalue weighted by molar-refractivity contribution is 7.99. The van der Waals surface area contributed by atoms with Gasteiger partial charge in [-0.15, -0.1) is 0 Å². The molecule has 1 saturated carbocycles. The lowest BCUT2D eigenvalue weighted by molar-refractivity contribution is 0.254. The first-order valence-corrected chi connectivity index (χ1v) is 8.16. The Morgan fingerprint density at radius 1 is 1.25 bits per heavy atom. The molecular weight excluding hydrogens is 214 g/mol. The van der Waals surface area contributed by atoms with E-state index in [1.165, 1.54) is 38.6 Å². The van der Waals surface area contributed by atoms with Crippen LogP contribution < -0.4 is 5.32 Å². The van der Waals surface area contributed by atoms with E-state index < -0.39 is 0 Å². The van der Waals surface area contributed by atoms with E-state index in [2.05, 4.69) is 32.3 Å². The van der Waals surface area contributed by atoms with Crippen molar-refractivity contribution in [3.05, 3.63) is 0 Å². The lowest BCUT2D eigenvalue weighted by Crippen LogP contribution is -2.37. The Morgan fingerprint density at radius 3 is 2.62 bits per heavy atom. The third-order valence-electron chi connectivity index (χ3n) is 3.68. The second-order valence-corrected chi connectivity index (χ2v) is 7.09. The summed E-state index contributed by atoms with van der Waals surface area (Å²) in [5.74, 6) is 1.85. The number of rotatable bonds is 6. The molecule has 3 atom stereocenters. The Labute approximate surface area is 106 Å². The minimum absolute atomic E-state index is 0.755. The maximum absolute atomic E-state index is 3.75. The summed E-state index contributed by atoms with van der Waals surface area (Å²) in [4.78, 5) is 0. The third kappa shape index (κ3) is 5.58. The average molecular weight is 243 g/mol. The van der Waals surface area contributed by atoms with Crippen molar-refractivity contribution in [2.24, 2.45) is 11.8 Å². The van der Waals surface area contributed by atoms with Crippen LogP contribution in [0, 0.1) is 11.8 Å². The Kier molecular flexibility index (Phi) is 6.83. The van der Waals surface area contributed by atoms with Crippen LogP contribution in [0.25, 0.3) is 0 Å². The Hall–Kier alpha value is 0.310. The number of thioether (sulfide) groups is 1. The fraction of sp³-hybridized carbons (Fsp3) is 1.00. The van der Waals surface area contributed by atoms with Gasteiger partial charge in [0.05, 0.1) is 0 Å². The first-order chi connectivity index (χ1) is 7.61. The highest BCUT2D eigenvalue weighted by atomic mass is 32.2.